The number of aromatic nitrogens is 3. The van der Waals surface area contributed by atoms with Gasteiger partial charge in [-0.25, -0.2) is 0 Å². The lowest BCUT2D eigenvalue weighted by molar-refractivity contribution is 0.0913. The zero-order valence-electron chi connectivity index (χ0n) is 22.3. The average Bonchev–Trinajstić information content (AvgIpc) is 3.63. The van der Waals surface area contributed by atoms with Crippen LogP contribution in [0.2, 0.25) is 5.02 Å². The van der Waals surface area contributed by atoms with Crippen LogP contribution in [-0.4, -0.2) is 57.6 Å². The fourth-order valence-electron chi connectivity index (χ4n) is 5.24. The predicted molar refractivity (Wildman–Crippen MR) is 157 cm³/mol. The smallest absolute Gasteiger partial charge is 0.252 e. The number of amides is 1. The van der Waals surface area contributed by atoms with Crippen molar-refractivity contribution in [2.24, 2.45) is 5.73 Å². The fraction of sp³-hybridized carbons (Fsp3) is 0.226. The highest BCUT2D eigenvalue weighted by molar-refractivity contribution is 6.31. The fourth-order valence-corrected chi connectivity index (χ4v) is 5.42. The number of carbonyl (C=O) groups is 2. The number of nitrogens with zero attached hydrogens (tertiary/aromatic N) is 4. The number of hydrogen-bond donors (Lipinski definition) is 1. The molecule has 0 atom stereocenters. The second-order valence-corrected chi connectivity index (χ2v) is 10.5. The quantitative estimate of drug-likeness (QED) is 0.221. The number of nitrogens with two attached hydrogens (primary N) is 1. The Bertz CT molecular complexity index is 1750. The van der Waals surface area contributed by atoms with Gasteiger partial charge in [-0.05, 0) is 79.2 Å². The van der Waals surface area contributed by atoms with Crippen molar-refractivity contribution >= 4 is 45.0 Å². The van der Waals surface area contributed by atoms with Crippen LogP contribution >= 0.6 is 11.6 Å². The van der Waals surface area contributed by atoms with Crippen LogP contribution in [-0.2, 0) is 6.54 Å². The molecule has 2 aromatic heterocycles. The number of halogens is 1. The van der Waals surface area contributed by atoms with Crippen LogP contribution in [0.1, 0.15) is 33.6 Å². The Hall–Kier alpha value is -4.47. The largest absolute Gasteiger partial charge is 0.485 e. The van der Waals surface area contributed by atoms with Crippen LogP contribution in [0.4, 0.5) is 0 Å². The minimum atomic E-state index is -0.650. The third-order valence-electron chi connectivity index (χ3n) is 7.31. The molecule has 1 aliphatic rings. The number of hydrogen-bond acceptors (Lipinski definition) is 7. The lowest BCUT2D eigenvalue weighted by Crippen LogP contribution is -2.23. The van der Waals surface area contributed by atoms with E-state index in [1.165, 1.54) is 12.8 Å². The molecule has 0 unspecified atom stereocenters. The zero-order valence-corrected chi connectivity index (χ0v) is 23.0. The van der Waals surface area contributed by atoms with Crippen LogP contribution in [0, 0.1) is 0 Å². The van der Waals surface area contributed by atoms with Gasteiger partial charge in [0.05, 0.1) is 11.1 Å². The molecule has 0 aliphatic carbocycles. The van der Waals surface area contributed by atoms with Gasteiger partial charge in [-0.15, -0.1) is 5.10 Å². The van der Waals surface area contributed by atoms with E-state index in [4.69, 9.17) is 26.8 Å². The van der Waals surface area contributed by atoms with Gasteiger partial charge in [-0.2, -0.15) is 5.10 Å². The Labute approximate surface area is 241 Å². The molecular formula is C31H28ClN5O4. The van der Waals surface area contributed by atoms with Gasteiger partial charge < -0.3 is 24.7 Å². The molecule has 0 spiro atoms. The lowest BCUT2D eigenvalue weighted by atomic mass is 10.1. The minimum Gasteiger partial charge on any atom is -0.485 e. The number of primary amides is 1. The lowest BCUT2D eigenvalue weighted by Gasteiger charge is -2.15. The van der Waals surface area contributed by atoms with Crippen molar-refractivity contribution in [3.8, 4) is 17.4 Å². The molecule has 0 bridgehead atoms. The summed E-state index contributed by atoms with van der Waals surface area (Å²) in [5.74, 6) is 0.358. The molecule has 1 amide bonds. The van der Waals surface area contributed by atoms with Crippen molar-refractivity contribution in [1.82, 2.24) is 19.7 Å². The molecule has 208 valence electrons. The molecule has 5 aromatic rings. The van der Waals surface area contributed by atoms with Gasteiger partial charge in [0.15, 0.2) is 6.61 Å². The topological polar surface area (TPSA) is 113 Å². The Kier molecular flexibility index (Phi) is 7.54. The summed E-state index contributed by atoms with van der Waals surface area (Å²) in [5, 5.41) is 10.8. The van der Waals surface area contributed by atoms with Gasteiger partial charge in [0.1, 0.15) is 11.5 Å². The van der Waals surface area contributed by atoms with Crippen LogP contribution in [0.3, 0.4) is 0 Å². The maximum atomic E-state index is 13.5. The number of likely N-dealkylation sites (tertiary alicyclic amines) is 1. The Morgan fingerprint density at radius 1 is 0.951 bits per heavy atom. The summed E-state index contributed by atoms with van der Waals surface area (Å²) in [4.78, 5) is 28.1. The summed E-state index contributed by atoms with van der Waals surface area (Å²) in [5.41, 5.74) is 7.21. The summed E-state index contributed by atoms with van der Waals surface area (Å²) >= 11 is 6.11. The maximum Gasteiger partial charge on any atom is 0.252 e. The second kappa shape index (κ2) is 11.6. The van der Waals surface area contributed by atoms with Gasteiger partial charge in [0, 0.05) is 53.6 Å². The van der Waals surface area contributed by atoms with E-state index < -0.39 is 5.91 Å². The van der Waals surface area contributed by atoms with Gasteiger partial charge in [-0.1, -0.05) is 17.7 Å². The summed E-state index contributed by atoms with van der Waals surface area (Å²) in [7, 11) is 0. The standard InChI is InChI=1S/C31H28ClN5O4/c32-22-6-5-20-16-29(25(31(33)39)15-21(20)14-22)40-19-28(38)26-18-37(13-12-36-10-1-2-11-36)27-17-23(7-8-24(26)27)41-30-4-3-9-34-35-30/h3-9,14-18H,1-2,10-13,19H2,(H2,33,39). The molecule has 0 radical (unpaired) electrons. The Morgan fingerprint density at radius 2 is 1.80 bits per heavy atom. The number of benzene rings is 3. The van der Waals surface area contributed by atoms with E-state index in [0.717, 1.165) is 47.9 Å². The predicted octanol–water partition coefficient (Wildman–Crippen LogP) is 5.49. The van der Waals surface area contributed by atoms with Crippen LogP contribution < -0.4 is 15.2 Å². The SMILES string of the molecule is NC(=O)c1cc2cc(Cl)ccc2cc1OCC(=O)c1cn(CCN2CCCC2)c2cc(Oc3cccnn3)ccc12. The third-order valence-corrected chi connectivity index (χ3v) is 7.54. The molecule has 9 nitrogen and oxygen atoms in total. The number of rotatable bonds is 10. The van der Waals surface area contributed by atoms with Gasteiger partial charge in [-0.3, -0.25) is 9.59 Å². The summed E-state index contributed by atoms with van der Waals surface area (Å²) < 4.78 is 13.9. The van der Waals surface area contributed by atoms with E-state index in [2.05, 4.69) is 19.7 Å². The molecular weight excluding hydrogens is 542 g/mol. The Morgan fingerprint density at radius 3 is 2.59 bits per heavy atom. The summed E-state index contributed by atoms with van der Waals surface area (Å²) in [6.45, 7) is 3.51. The van der Waals surface area contributed by atoms with Crippen LogP contribution in [0.5, 0.6) is 17.4 Å². The van der Waals surface area contributed by atoms with Crippen LogP contribution in [0.25, 0.3) is 21.7 Å². The number of carbonyl (C=O) groups excluding carboxylic acids is 2. The number of Topliss-reactive ketones (excluding diaryl/α,β-unsaturated/α-hetero) is 1. The molecule has 0 saturated carbocycles. The summed E-state index contributed by atoms with van der Waals surface area (Å²) in [6, 6.07) is 17.7. The van der Waals surface area contributed by atoms with Gasteiger partial charge in [0.2, 0.25) is 11.7 Å². The van der Waals surface area contributed by atoms with Crippen molar-refractivity contribution < 1.29 is 19.1 Å². The maximum absolute atomic E-state index is 13.5. The highest BCUT2D eigenvalue weighted by atomic mass is 35.5. The number of fused-ring (bicyclic) bond motifs is 2. The van der Waals surface area contributed by atoms with E-state index in [9.17, 15) is 9.59 Å². The molecule has 6 rings (SSSR count). The van der Waals surface area contributed by atoms with Crippen molar-refractivity contribution in [3.63, 3.8) is 0 Å². The molecule has 1 fully saturated rings. The van der Waals surface area contributed by atoms with E-state index in [-0.39, 0.29) is 23.7 Å². The van der Waals surface area contributed by atoms with E-state index in [0.29, 0.717) is 22.2 Å². The minimum absolute atomic E-state index is 0.186. The number of ketones is 1. The van der Waals surface area contributed by atoms with E-state index >= 15 is 0 Å². The first-order chi connectivity index (χ1) is 19.9. The molecule has 3 heterocycles. The van der Waals surface area contributed by atoms with Crippen molar-refractivity contribution in [2.45, 2.75) is 19.4 Å². The highest BCUT2D eigenvalue weighted by Crippen LogP contribution is 2.31. The van der Waals surface area contributed by atoms with Crippen molar-refractivity contribution in [1.29, 1.82) is 0 Å². The molecule has 10 heteroatoms. The number of ether oxygens (including phenoxy) is 2. The molecule has 1 aliphatic heterocycles. The first-order valence-corrected chi connectivity index (χ1v) is 13.8. The van der Waals surface area contributed by atoms with E-state index in [1.54, 1.807) is 48.7 Å². The monoisotopic (exact) mass is 569 g/mol. The van der Waals surface area contributed by atoms with Gasteiger partial charge >= 0.3 is 0 Å². The van der Waals surface area contributed by atoms with E-state index in [1.807, 2.05) is 24.4 Å². The van der Waals surface area contributed by atoms with Crippen molar-refractivity contribution in [2.75, 3.05) is 26.2 Å². The molecule has 2 N–H and O–H groups in total. The van der Waals surface area contributed by atoms with Crippen molar-refractivity contribution in [3.05, 3.63) is 89.2 Å². The average molecular weight is 570 g/mol. The second-order valence-electron chi connectivity index (χ2n) is 10.0. The Balaban J connectivity index is 1.29. The summed E-state index contributed by atoms with van der Waals surface area (Å²) in [6.07, 6.45) is 5.87. The first kappa shape index (κ1) is 26.7. The molecule has 41 heavy (non-hydrogen) atoms. The first-order valence-electron chi connectivity index (χ1n) is 13.4. The van der Waals surface area contributed by atoms with Gasteiger partial charge in [0.25, 0.3) is 5.91 Å². The molecule has 3 aromatic carbocycles. The normalized spacial score (nSPS) is 13.6. The molecule has 1 saturated heterocycles. The zero-order chi connectivity index (χ0) is 28.3. The highest BCUT2D eigenvalue weighted by Gasteiger charge is 2.20. The third kappa shape index (κ3) is 5.86. The van der Waals surface area contributed by atoms with Crippen LogP contribution in [0.15, 0.2) is 73.1 Å².